The first-order valence-corrected chi connectivity index (χ1v) is 11.3. The lowest BCUT2D eigenvalue weighted by Gasteiger charge is -2.32. The number of hydrogen-bond acceptors (Lipinski definition) is 6. The maximum atomic E-state index is 11.4. The number of para-hydroxylation sites is 4. The van der Waals surface area contributed by atoms with Crippen LogP contribution in [0.25, 0.3) is 0 Å². The Kier molecular flexibility index (Phi) is 7.47. The molecule has 1 heterocycles. The first-order valence-electron chi connectivity index (χ1n) is 11.3. The summed E-state index contributed by atoms with van der Waals surface area (Å²) in [4.78, 5) is 13.7. The van der Waals surface area contributed by atoms with Crippen LogP contribution in [0.3, 0.4) is 0 Å². The van der Waals surface area contributed by atoms with E-state index in [9.17, 15) is 4.79 Å². The van der Waals surface area contributed by atoms with Crippen LogP contribution in [-0.2, 0) is 14.3 Å². The second kappa shape index (κ2) is 10.9. The third kappa shape index (κ3) is 5.65. The van der Waals surface area contributed by atoms with Gasteiger partial charge in [-0.25, -0.2) is 0 Å². The van der Waals surface area contributed by atoms with E-state index in [1.54, 1.807) is 6.92 Å². The minimum atomic E-state index is -0.237. The molecule has 0 aromatic heterocycles. The highest BCUT2D eigenvalue weighted by Gasteiger charge is 2.23. The van der Waals surface area contributed by atoms with E-state index in [-0.39, 0.29) is 18.5 Å². The number of nitrogens with zero attached hydrogens (tertiary/aromatic N) is 1. The highest BCUT2D eigenvalue weighted by atomic mass is 16.5. The molecule has 6 heteroatoms. The Bertz CT molecular complexity index is 1020. The Morgan fingerprint density at radius 3 is 2.18 bits per heavy atom. The maximum Gasteiger partial charge on any atom is 0.308 e. The summed E-state index contributed by atoms with van der Waals surface area (Å²) in [6.45, 7) is 5.69. The van der Waals surface area contributed by atoms with Crippen molar-refractivity contribution in [1.29, 1.82) is 0 Å². The van der Waals surface area contributed by atoms with Gasteiger partial charge < -0.3 is 23.8 Å². The molecule has 0 radical (unpaired) electrons. The van der Waals surface area contributed by atoms with Gasteiger partial charge in [0.05, 0.1) is 43.7 Å². The molecule has 0 saturated carbocycles. The first-order chi connectivity index (χ1) is 16.2. The van der Waals surface area contributed by atoms with E-state index in [0.717, 1.165) is 34.2 Å². The van der Waals surface area contributed by atoms with Crippen LogP contribution in [0.4, 0.5) is 11.4 Å². The largest absolute Gasteiger partial charge is 0.492 e. The smallest absolute Gasteiger partial charge is 0.308 e. The van der Waals surface area contributed by atoms with E-state index >= 15 is 0 Å². The van der Waals surface area contributed by atoms with E-state index in [0.29, 0.717) is 26.4 Å². The average molecular weight is 448 g/mol. The number of rotatable bonds is 10. The lowest BCUT2D eigenvalue weighted by molar-refractivity contribution is -0.144. The quantitative estimate of drug-likeness (QED) is 0.353. The first kappa shape index (κ1) is 22.7. The number of fused-ring (bicyclic) bond motifs is 2. The summed E-state index contributed by atoms with van der Waals surface area (Å²) in [5, 5.41) is 0. The Morgan fingerprint density at radius 2 is 1.55 bits per heavy atom. The zero-order valence-corrected chi connectivity index (χ0v) is 19.0. The molecule has 0 bridgehead atoms. The predicted octanol–water partition coefficient (Wildman–Crippen LogP) is 6.04. The third-order valence-corrected chi connectivity index (χ3v) is 5.44. The summed E-state index contributed by atoms with van der Waals surface area (Å²) in [5.41, 5.74) is 3.09. The number of ether oxygens (including phenoxy) is 4. The number of esters is 1. The third-order valence-electron chi connectivity index (χ3n) is 5.44. The van der Waals surface area contributed by atoms with Gasteiger partial charge in [-0.1, -0.05) is 36.4 Å². The Labute approximate surface area is 194 Å². The standard InChI is InChI=1S/C27H29NO5/c1-3-30-27(29)16-18-31-20(2)21-12-14-22(15-13-21)32-19-17-28-23-8-4-6-10-25(23)33-26-11-7-5-9-24(26)28/h4-15,20H,3,16-19H2,1-2H3. The summed E-state index contributed by atoms with van der Waals surface area (Å²) in [5.74, 6) is 2.25. The topological polar surface area (TPSA) is 57.2 Å². The van der Waals surface area contributed by atoms with E-state index in [1.807, 2.05) is 67.6 Å². The van der Waals surface area contributed by atoms with Crippen molar-refractivity contribution in [2.45, 2.75) is 26.4 Å². The molecule has 172 valence electrons. The summed E-state index contributed by atoms with van der Waals surface area (Å²) in [7, 11) is 0. The molecule has 1 aliphatic rings. The van der Waals surface area contributed by atoms with Crippen LogP contribution in [0.1, 0.15) is 31.9 Å². The zero-order chi connectivity index (χ0) is 23.0. The van der Waals surface area contributed by atoms with E-state index in [1.165, 1.54) is 0 Å². The molecule has 4 rings (SSSR count). The molecular weight excluding hydrogens is 418 g/mol. The van der Waals surface area contributed by atoms with Gasteiger partial charge in [0, 0.05) is 0 Å². The molecule has 0 aliphatic carbocycles. The van der Waals surface area contributed by atoms with Gasteiger partial charge in [0.2, 0.25) is 0 Å². The molecule has 1 atom stereocenters. The molecule has 6 nitrogen and oxygen atoms in total. The van der Waals surface area contributed by atoms with Crippen LogP contribution in [0.2, 0.25) is 0 Å². The SMILES string of the molecule is CCOC(=O)CCOC(C)c1ccc(OCCN2c3ccccc3Oc3ccccc32)cc1. The van der Waals surface area contributed by atoms with Gasteiger partial charge in [0.1, 0.15) is 12.4 Å². The molecule has 3 aromatic rings. The van der Waals surface area contributed by atoms with Gasteiger partial charge in [-0.15, -0.1) is 0 Å². The fourth-order valence-corrected chi connectivity index (χ4v) is 3.76. The molecule has 3 aromatic carbocycles. The molecule has 1 aliphatic heterocycles. The lowest BCUT2D eigenvalue weighted by atomic mass is 10.1. The fourth-order valence-electron chi connectivity index (χ4n) is 3.76. The minimum Gasteiger partial charge on any atom is -0.492 e. The van der Waals surface area contributed by atoms with Crippen LogP contribution < -0.4 is 14.4 Å². The summed E-state index contributed by atoms with van der Waals surface area (Å²) >= 11 is 0. The molecule has 0 N–H and O–H groups in total. The van der Waals surface area contributed by atoms with Crippen molar-refractivity contribution in [2.24, 2.45) is 0 Å². The molecular formula is C27H29NO5. The van der Waals surface area contributed by atoms with Crippen LogP contribution in [0.5, 0.6) is 17.2 Å². The fraction of sp³-hybridized carbons (Fsp3) is 0.296. The highest BCUT2D eigenvalue weighted by molar-refractivity contribution is 5.77. The number of carbonyl (C=O) groups is 1. The van der Waals surface area contributed by atoms with Gasteiger partial charge in [0.15, 0.2) is 11.5 Å². The highest BCUT2D eigenvalue weighted by Crippen LogP contribution is 2.45. The molecule has 33 heavy (non-hydrogen) atoms. The van der Waals surface area contributed by atoms with Crippen LogP contribution in [-0.4, -0.2) is 32.3 Å². The second-order valence-corrected chi connectivity index (χ2v) is 7.67. The molecule has 0 saturated heterocycles. The van der Waals surface area contributed by atoms with E-state index < -0.39 is 0 Å². The maximum absolute atomic E-state index is 11.4. The average Bonchev–Trinajstić information content (AvgIpc) is 2.84. The van der Waals surface area contributed by atoms with Crippen molar-refractivity contribution < 1.29 is 23.7 Å². The van der Waals surface area contributed by atoms with Crippen LogP contribution in [0.15, 0.2) is 72.8 Å². The number of anilines is 2. The number of carbonyl (C=O) groups excluding carboxylic acids is 1. The van der Waals surface area contributed by atoms with Gasteiger partial charge in [-0.2, -0.15) is 0 Å². The molecule has 1 unspecified atom stereocenters. The summed E-state index contributed by atoms with van der Waals surface area (Å²) in [6.07, 6.45) is 0.141. The van der Waals surface area contributed by atoms with Crippen molar-refractivity contribution in [3.8, 4) is 17.2 Å². The zero-order valence-electron chi connectivity index (χ0n) is 19.0. The monoisotopic (exact) mass is 447 g/mol. The second-order valence-electron chi connectivity index (χ2n) is 7.67. The number of benzene rings is 3. The van der Waals surface area contributed by atoms with Gasteiger partial charge >= 0.3 is 5.97 Å². The minimum absolute atomic E-state index is 0.116. The molecule has 0 amide bonds. The Hall–Kier alpha value is -3.51. The normalized spacial score (nSPS) is 12.8. The Balaban J connectivity index is 1.31. The van der Waals surface area contributed by atoms with Gasteiger partial charge in [-0.05, 0) is 55.8 Å². The molecule has 0 fully saturated rings. The Morgan fingerprint density at radius 1 is 0.909 bits per heavy atom. The van der Waals surface area contributed by atoms with E-state index in [2.05, 4.69) is 17.0 Å². The number of hydrogen-bond donors (Lipinski definition) is 0. The van der Waals surface area contributed by atoms with Crippen LogP contribution >= 0.6 is 0 Å². The van der Waals surface area contributed by atoms with Crippen LogP contribution in [0, 0.1) is 0 Å². The molecule has 0 spiro atoms. The van der Waals surface area contributed by atoms with Gasteiger partial charge in [0.25, 0.3) is 0 Å². The van der Waals surface area contributed by atoms with Crippen molar-refractivity contribution in [1.82, 2.24) is 0 Å². The summed E-state index contributed by atoms with van der Waals surface area (Å²) in [6, 6.07) is 23.9. The van der Waals surface area contributed by atoms with E-state index in [4.69, 9.17) is 18.9 Å². The van der Waals surface area contributed by atoms with Crippen molar-refractivity contribution in [3.63, 3.8) is 0 Å². The van der Waals surface area contributed by atoms with Gasteiger partial charge in [-0.3, -0.25) is 4.79 Å². The van der Waals surface area contributed by atoms with Crippen molar-refractivity contribution in [3.05, 3.63) is 78.4 Å². The summed E-state index contributed by atoms with van der Waals surface area (Å²) < 4.78 is 22.7. The van der Waals surface area contributed by atoms with Crippen molar-refractivity contribution in [2.75, 3.05) is 31.3 Å². The lowest BCUT2D eigenvalue weighted by Crippen LogP contribution is -2.26. The van der Waals surface area contributed by atoms with Crippen molar-refractivity contribution >= 4 is 17.3 Å². The predicted molar refractivity (Wildman–Crippen MR) is 128 cm³/mol.